The zero-order valence-electron chi connectivity index (χ0n) is 6.53. The molecule has 0 fully saturated rings. The molecule has 0 atom stereocenters. The van der Waals surface area contributed by atoms with E-state index in [0.29, 0.717) is 6.07 Å². The minimum atomic E-state index is -3.05. The summed E-state index contributed by atoms with van der Waals surface area (Å²) in [7, 11) is 0. The van der Waals surface area contributed by atoms with Gasteiger partial charge in [0.15, 0.2) is 0 Å². The monoisotopic (exact) mass is 193 g/mol. The minimum Gasteiger partial charge on any atom is -0.326 e. The fourth-order valence-corrected chi connectivity index (χ4v) is 1.05. The molecule has 1 aromatic carbocycles. The summed E-state index contributed by atoms with van der Waals surface area (Å²) in [4.78, 5) is 0. The normalized spacial score (nSPS) is 10.9. The molecule has 2 N–H and O–H groups in total. The molecule has 1 aromatic rings. The molecule has 0 aliphatic carbocycles. The van der Waals surface area contributed by atoms with Crippen LogP contribution in [0.15, 0.2) is 12.1 Å². The van der Waals surface area contributed by atoms with E-state index in [0.717, 1.165) is 6.07 Å². The molecule has 5 heteroatoms. The van der Waals surface area contributed by atoms with Gasteiger partial charge in [0.25, 0.3) is 6.43 Å². The van der Waals surface area contributed by atoms with Crippen molar-refractivity contribution in [1.29, 1.82) is 0 Å². The second kappa shape index (κ2) is 3.74. The van der Waals surface area contributed by atoms with Crippen LogP contribution in [0, 0.1) is 11.6 Å². The Hall–Kier alpha value is -1.10. The molecule has 0 heterocycles. The molecule has 13 heavy (non-hydrogen) atoms. The summed E-state index contributed by atoms with van der Waals surface area (Å²) in [5, 5.41) is 0. The molecule has 0 aliphatic rings. The summed E-state index contributed by atoms with van der Waals surface area (Å²) >= 11 is 0. The van der Waals surface area contributed by atoms with Crippen LogP contribution in [0.3, 0.4) is 0 Å². The van der Waals surface area contributed by atoms with Crippen molar-refractivity contribution in [2.24, 2.45) is 5.73 Å². The summed E-state index contributed by atoms with van der Waals surface area (Å²) in [6.45, 7) is -0.441. The van der Waals surface area contributed by atoms with Crippen molar-refractivity contribution in [2.75, 3.05) is 0 Å². The Bertz CT molecular complexity index is 311. The Balaban J connectivity index is 3.35. The Kier molecular flexibility index (Phi) is 2.87. The first kappa shape index (κ1) is 9.98. The molecule has 1 rings (SSSR count). The number of benzene rings is 1. The SMILES string of the molecule is NCc1c(F)ccc(F)c1C(F)F. The van der Waals surface area contributed by atoms with Crippen LogP contribution in [0.1, 0.15) is 17.6 Å². The maximum absolute atomic E-state index is 12.8. The van der Waals surface area contributed by atoms with Gasteiger partial charge in [-0.3, -0.25) is 0 Å². The third kappa shape index (κ3) is 1.80. The van der Waals surface area contributed by atoms with Crippen LogP contribution in [0.5, 0.6) is 0 Å². The summed E-state index contributed by atoms with van der Waals surface area (Å²) in [5.74, 6) is -2.03. The average Bonchev–Trinajstić information content (AvgIpc) is 2.07. The van der Waals surface area contributed by atoms with E-state index in [9.17, 15) is 17.6 Å². The van der Waals surface area contributed by atoms with E-state index in [1.54, 1.807) is 0 Å². The molecule has 0 spiro atoms. The van der Waals surface area contributed by atoms with Crippen molar-refractivity contribution in [3.05, 3.63) is 34.9 Å². The second-order valence-corrected chi connectivity index (χ2v) is 2.43. The van der Waals surface area contributed by atoms with E-state index >= 15 is 0 Å². The second-order valence-electron chi connectivity index (χ2n) is 2.43. The van der Waals surface area contributed by atoms with Gasteiger partial charge in [0.2, 0.25) is 0 Å². The summed E-state index contributed by atoms with van der Waals surface area (Å²) in [5.41, 5.74) is 3.61. The van der Waals surface area contributed by atoms with E-state index in [4.69, 9.17) is 5.73 Å². The first-order valence-corrected chi connectivity index (χ1v) is 3.53. The Morgan fingerprint density at radius 3 is 2.08 bits per heavy atom. The topological polar surface area (TPSA) is 26.0 Å². The zero-order chi connectivity index (χ0) is 10.0. The number of halogens is 4. The van der Waals surface area contributed by atoms with Crippen molar-refractivity contribution in [2.45, 2.75) is 13.0 Å². The molecular formula is C8H7F4N. The highest BCUT2D eigenvalue weighted by atomic mass is 19.3. The lowest BCUT2D eigenvalue weighted by Gasteiger charge is -2.08. The molecule has 0 unspecified atom stereocenters. The molecule has 0 bridgehead atoms. The number of nitrogens with two attached hydrogens (primary N) is 1. The predicted molar refractivity (Wildman–Crippen MR) is 39.2 cm³/mol. The van der Waals surface area contributed by atoms with Crippen LogP contribution in [-0.2, 0) is 6.54 Å². The standard InChI is InChI=1S/C8H7F4N/c9-5-1-2-6(10)7(8(11)12)4(5)3-13/h1-2,8H,3,13H2. The van der Waals surface area contributed by atoms with E-state index in [1.807, 2.05) is 0 Å². The highest BCUT2D eigenvalue weighted by molar-refractivity contribution is 5.30. The van der Waals surface area contributed by atoms with Gasteiger partial charge in [0.05, 0.1) is 5.56 Å². The molecule has 0 aliphatic heterocycles. The lowest BCUT2D eigenvalue weighted by molar-refractivity contribution is 0.144. The lowest BCUT2D eigenvalue weighted by atomic mass is 10.1. The summed E-state index contributed by atoms with van der Waals surface area (Å²) in [6, 6.07) is 1.44. The van der Waals surface area contributed by atoms with Crippen molar-refractivity contribution >= 4 is 0 Å². The van der Waals surface area contributed by atoms with Crippen molar-refractivity contribution < 1.29 is 17.6 Å². The molecule has 72 valence electrons. The Labute approximate surface area is 72.2 Å². The van der Waals surface area contributed by atoms with Gasteiger partial charge in [-0.1, -0.05) is 0 Å². The highest BCUT2D eigenvalue weighted by Gasteiger charge is 2.20. The van der Waals surface area contributed by atoms with Gasteiger partial charge in [-0.15, -0.1) is 0 Å². The van der Waals surface area contributed by atoms with Crippen LogP contribution < -0.4 is 5.73 Å². The van der Waals surface area contributed by atoms with E-state index in [-0.39, 0.29) is 0 Å². The van der Waals surface area contributed by atoms with Crippen molar-refractivity contribution in [3.63, 3.8) is 0 Å². The van der Waals surface area contributed by atoms with Crippen LogP contribution in [0.4, 0.5) is 17.6 Å². The minimum absolute atomic E-state index is 0.441. The quantitative estimate of drug-likeness (QED) is 0.717. The predicted octanol–water partition coefficient (Wildman–Crippen LogP) is 2.36. The third-order valence-corrected chi connectivity index (χ3v) is 1.67. The van der Waals surface area contributed by atoms with Crippen LogP contribution in [0.2, 0.25) is 0 Å². The van der Waals surface area contributed by atoms with Gasteiger partial charge in [-0.05, 0) is 12.1 Å². The summed E-state index contributed by atoms with van der Waals surface area (Å²) < 4.78 is 50.0. The van der Waals surface area contributed by atoms with Gasteiger partial charge in [-0.2, -0.15) is 0 Å². The molecule has 0 radical (unpaired) electrons. The molecular weight excluding hydrogens is 186 g/mol. The van der Waals surface area contributed by atoms with E-state index < -0.39 is 35.7 Å². The fourth-order valence-electron chi connectivity index (χ4n) is 1.05. The third-order valence-electron chi connectivity index (χ3n) is 1.67. The Morgan fingerprint density at radius 2 is 1.69 bits per heavy atom. The number of alkyl halides is 2. The molecule has 0 amide bonds. The van der Waals surface area contributed by atoms with Crippen molar-refractivity contribution in [3.8, 4) is 0 Å². The zero-order valence-corrected chi connectivity index (χ0v) is 6.53. The van der Waals surface area contributed by atoms with E-state index in [2.05, 4.69) is 0 Å². The smallest absolute Gasteiger partial charge is 0.267 e. The number of rotatable bonds is 2. The van der Waals surface area contributed by atoms with Gasteiger partial charge in [-0.25, -0.2) is 17.6 Å². The molecule has 0 saturated heterocycles. The first-order chi connectivity index (χ1) is 6.07. The highest BCUT2D eigenvalue weighted by Crippen LogP contribution is 2.27. The fraction of sp³-hybridized carbons (Fsp3) is 0.250. The van der Waals surface area contributed by atoms with E-state index in [1.165, 1.54) is 0 Å². The van der Waals surface area contributed by atoms with Gasteiger partial charge in [0.1, 0.15) is 11.6 Å². The summed E-state index contributed by atoms with van der Waals surface area (Å²) in [6.07, 6.45) is -3.05. The lowest BCUT2D eigenvalue weighted by Crippen LogP contribution is -2.07. The molecule has 1 nitrogen and oxygen atoms in total. The van der Waals surface area contributed by atoms with Crippen LogP contribution in [-0.4, -0.2) is 0 Å². The maximum atomic E-state index is 12.8. The molecule has 0 saturated carbocycles. The molecule has 0 aromatic heterocycles. The van der Waals surface area contributed by atoms with Crippen molar-refractivity contribution in [1.82, 2.24) is 0 Å². The maximum Gasteiger partial charge on any atom is 0.267 e. The van der Waals surface area contributed by atoms with Gasteiger partial charge < -0.3 is 5.73 Å². The van der Waals surface area contributed by atoms with Crippen LogP contribution in [0.25, 0.3) is 0 Å². The number of hydrogen-bond acceptors (Lipinski definition) is 1. The van der Waals surface area contributed by atoms with Gasteiger partial charge in [0, 0.05) is 12.1 Å². The van der Waals surface area contributed by atoms with Gasteiger partial charge >= 0.3 is 0 Å². The largest absolute Gasteiger partial charge is 0.326 e. The average molecular weight is 193 g/mol. The first-order valence-electron chi connectivity index (χ1n) is 3.53. The number of hydrogen-bond donors (Lipinski definition) is 1. The Morgan fingerprint density at radius 1 is 1.15 bits per heavy atom. The van der Waals surface area contributed by atoms with Crippen LogP contribution >= 0.6 is 0 Å².